The number of benzene rings is 1. The van der Waals surface area contributed by atoms with Crippen LogP contribution in [0.5, 0.6) is 5.75 Å². The summed E-state index contributed by atoms with van der Waals surface area (Å²) in [5.41, 5.74) is -0.747. The minimum Gasteiger partial charge on any atom is -0.478 e. The summed E-state index contributed by atoms with van der Waals surface area (Å²) in [5.74, 6) is -2.55. The third kappa shape index (κ3) is 3.30. The molecule has 0 aliphatic carbocycles. The number of aromatic carboxylic acids is 1. The maximum atomic E-state index is 12.2. The Bertz CT molecular complexity index is 585. The number of carboxylic acids is 1. The number of hydrogen-bond acceptors (Lipinski definition) is 4. The molecule has 0 unspecified atom stereocenters. The number of hydrogen-bond donors (Lipinski definition) is 1. The topological polar surface area (TPSA) is 80.7 Å². The van der Waals surface area contributed by atoms with E-state index in [2.05, 4.69) is 4.74 Å². The van der Waals surface area contributed by atoms with Gasteiger partial charge in [-0.15, -0.1) is 0 Å². The molecular formula is C9H7ClF2O5S. The number of rotatable bonds is 4. The van der Waals surface area contributed by atoms with Gasteiger partial charge in [0.15, 0.2) is 15.6 Å². The van der Waals surface area contributed by atoms with Gasteiger partial charge in [0.25, 0.3) is 0 Å². The standard InChI is InChI=1S/C9H7ClF2O5S/c1-18(15,16)6-3-4(10)2-5(8(13)14)7(6)17-9(11)12/h2-3,9H,1H3,(H,13,14). The molecule has 0 atom stereocenters. The quantitative estimate of drug-likeness (QED) is 0.920. The van der Waals surface area contributed by atoms with E-state index in [1.54, 1.807) is 0 Å². The fourth-order valence-corrected chi connectivity index (χ4v) is 2.33. The Morgan fingerprint density at radius 1 is 1.44 bits per heavy atom. The fraction of sp³-hybridized carbons (Fsp3) is 0.222. The zero-order chi connectivity index (χ0) is 14.1. The number of ether oxygens (including phenoxy) is 1. The van der Waals surface area contributed by atoms with Crippen LogP contribution < -0.4 is 4.74 Å². The number of sulfone groups is 1. The van der Waals surface area contributed by atoms with Crippen LogP contribution in [0.1, 0.15) is 10.4 Å². The van der Waals surface area contributed by atoms with Crippen molar-refractivity contribution < 1.29 is 31.8 Å². The van der Waals surface area contributed by atoms with E-state index in [9.17, 15) is 22.0 Å². The molecule has 1 rings (SSSR count). The molecule has 0 spiro atoms. The van der Waals surface area contributed by atoms with Crippen LogP contribution >= 0.6 is 11.6 Å². The van der Waals surface area contributed by atoms with E-state index in [4.69, 9.17) is 16.7 Å². The van der Waals surface area contributed by atoms with Gasteiger partial charge in [-0.25, -0.2) is 13.2 Å². The maximum Gasteiger partial charge on any atom is 0.387 e. The minimum absolute atomic E-state index is 0.213. The van der Waals surface area contributed by atoms with E-state index in [0.29, 0.717) is 0 Å². The molecule has 0 aromatic heterocycles. The molecule has 100 valence electrons. The molecule has 0 bridgehead atoms. The molecule has 1 aromatic carbocycles. The number of carboxylic acid groups (broad SMARTS) is 1. The SMILES string of the molecule is CS(=O)(=O)c1cc(Cl)cc(C(=O)O)c1OC(F)F. The average molecular weight is 301 g/mol. The molecule has 0 aliphatic heterocycles. The van der Waals surface area contributed by atoms with Crippen molar-refractivity contribution in [2.75, 3.05) is 6.26 Å². The predicted octanol–water partition coefficient (Wildman–Crippen LogP) is 2.04. The van der Waals surface area contributed by atoms with Gasteiger partial charge in [0, 0.05) is 11.3 Å². The lowest BCUT2D eigenvalue weighted by molar-refractivity contribution is -0.0522. The van der Waals surface area contributed by atoms with E-state index in [0.717, 1.165) is 18.4 Å². The van der Waals surface area contributed by atoms with Gasteiger partial charge in [-0.05, 0) is 12.1 Å². The van der Waals surface area contributed by atoms with E-state index in [1.165, 1.54) is 0 Å². The summed E-state index contributed by atoms with van der Waals surface area (Å²) in [6, 6.07) is 1.68. The molecule has 0 saturated carbocycles. The summed E-state index contributed by atoms with van der Waals surface area (Å²) in [7, 11) is -3.96. The number of carbonyl (C=O) groups is 1. The number of halogens is 3. The van der Waals surface area contributed by atoms with Crippen LogP contribution in [-0.2, 0) is 9.84 Å². The summed E-state index contributed by atoms with van der Waals surface area (Å²) in [6.07, 6.45) is 0.725. The highest BCUT2D eigenvalue weighted by Crippen LogP contribution is 2.33. The lowest BCUT2D eigenvalue weighted by Gasteiger charge is -2.12. The lowest BCUT2D eigenvalue weighted by atomic mass is 10.2. The van der Waals surface area contributed by atoms with Gasteiger partial charge in [0.05, 0.1) is 0 Å². The van der Waals surface area contributed by atoms with Crippen LogP contribution in [-0.4, -0.2) is 32.4 Å². The van der Waals surface area contributed by atoms with Crippen LogP contribution in [0.3, 0.4) is 0 Å². The summed E-state index contributed by atoms with van der Waals surface area (Å²) in [4.78, 5) is 10.2. The molecule has 0 radical (unpaired) electrons. The van der Waals surface area contributed by atoms with Crippen molar-refractivity contribution in [3.63, 3.8) is 0 Å². The Hall–Kier alpha value is -1.41. The Balaban J connectivity index is 3.63. The second-order valence-corrected chi connectivity index (χ2v) is 5.66. The molecule has 0 aliphatic rings. The first-order valence-corrected chi connectivity index (χ1v) is 6.61. The molecular weight excluding hydrogens is 294 g/mol. The molecule has 0 fully saturated rings. The van der Waals surface area contributed by atoms with Crippen LogP contribution in [0.2, 0.25) is 5.02 Å². The van der Waals surface area contributed by atoms with Crippen molar-refractivity contribution in [2.24, 2.45) is 0 Å². The first-order valence-electron chi connectivity index (χ1n) is 4.34. The van der Waals surface area contributed by atoms with Crippen molar-refractivity contribution >= 4 is 27.4 Å². The molecule has 18 heavy (non-hydrogen) atoms. The van der Waals surface area contributed by atoms with Gasteiger partial charge in [-0.2, -0.15) is 8.78 Å². The van der Waals surface area contributed by atoms with Crippen LogP contribution in [0, 0.1) is 0 Å². The Labute approximate surface area is 106 Å². The molecule has 9 heteroatoms. The van der Waals surface area contributed by atoms with E-state index in [1.807, 2.05) is 0 Å². The normalized spacial score (nSPS) is 11.6. The molecule has 0 heterocycles. The van der Waals surface area contributed by atoms with Crippen molar-refractivity contribution in [3.05, 3.63) is 22.7 Å². The predicted molar refractivity (Wildman–Crippen MR) is 58.2 cm³/mol. The van der Waals surface area contributed by atoms with Crippen molar-refractivity contribution in [1.29, 1.82) is 0 Å². The zero-order valence-electron chi connectivity index (χ0n) is 8.85. The van der Waals surface area contributed by atoms with Gasteiger partial charge in [0.2, 0.25) is 0 Å². The van der Waals surface area contributed by atoms with Gasteiger partial charge in [0.1, 0.15) is 10.5 Å². The summed E-state index contributed by atoms with van der Waals surface area (Å²) >= 11 is 5.54. The van der Waals surface area contributed by atoms with Gasteiger partial charge < -0.3 is 9.84 Å². The van der Waals surface area contributed by atoms with E-state index in [-0.39, 0.29) is 5.02 Å². The van der Waals surface area contributed by atoms with Crippen molar-refractivity contribution in [1.82, 2.24) is 0 Å². The fourth-order valence-electron chi connectivity index (χ4n) is 1.21. The number of alkyl halides is 2. The first kappa shape index (κ1) is 14.7. The Kier molecular flexibility index (Phi) is 4.12. The Morgan fingerprint density at radius 3 is 2.39 bits per heavy atom. The summed E-state index contributed by atoms with van der Waals surface area (Å²) in [6.45, 7) is -3.36. The van der Waals surface area contributed by atoms with Crippen LogP contribution in [0.4, 0.5) is 8.78 Å². The van der Waals surface area contributed by atoms with Crippen LogP contribution in [0.15, 0.2) is 17.0 Å². The van der Waals surface area contributed by atoms with Crippen molar-refractivity contribution in [3.8, 4) is 5.75 Å². The molecule has 0 saturated heterocycles. The van der Waals surface area contributed by atoms with Crippen molar-refractivity contribution in [2.45, 2.75) is 11.5 Å². The maximum absolute atomic E-state index is 12.2. The molecule has 5 nitrogen and oxygen atoms in total. The van der Waals surface area contributed by atoms with E-state index < -0.39 is 38.6 Å². The average Bonchev–Trinajstić information content (AvgIpc) is 2.17. The lowest BCUT2D eigenvalue weighted by Crippen LogP contribution is -2.12. The Morgan fingerprint density at radius 2 is 2.00 bits per heavy atom. The summed E-state index contributed by atoms with van der Waals surface area (Å²) in [5, 5.41) is 8.60. The first-order chi connectivity index (χ1) is 8.12. The highest BCUT2D eigenvalue weighted by molar-refractivity contribution is 7.90. The minimum atomic E-state index is -3.96. The van der Waals surface area contributed by atoms with Gasteiger partial charge in [-0.1, -0.05) is 11.6 Å². The third-order valence-corrected chi connectivity index (χ3v) is 3.18. The summed E-state index contributed by atoms with van der Waals surface area (Å²) < 4.78 is 51.1. The highest BCUT2D eigenvalue weighted by Gasteiger charge is 2.25. The second kappa shape index (κ2) is 5.07. The highest BCUT2D eigenvalue weighted by atomic mass is 35.5. The second-order valence-electron chi connectivity index (χ2n) is 3.24. The van der Waals surface area contributed by atoms with Crippen LogP contribution in [0.25, 0.3) is 0 Å². The van der Waals surface area contributed by atoms with E-state index >= 15 is 0 Å². The zero-order valence-corrected chi connectivity index (χ0v) is 10.4. The monoisotopic (exact) mass is 300 g/mol. The largest absolute Gasteiger partial charge is 0.478 e. The third-order valence-electron chi connectivity index (χ3n) is 1.86. The smallest absolute Gasteiger partial charge is 0.387 e. The molecule has 1 aromatic rings. The molecule has 0 amide bonds. The molecule has 1 N–H and O–H groups in total. The van der Waals surface area contributed by atoms with Gasteiger partial charge in [-0.3, -0.25) is 0 Å². The van der Waals surface area contributed by atoms with Gasteiger partial charge >= 0.3 is 12.6 Å².